The molecule has 106 valence electrons. The third-order valence-electron chi connectivity index (χ3n) is 4.46. The highest BCUT2D eigenvalue weighted by molar-refractivity contribution is 5.83. The summed E-state index contributed by atoms with van der Waals surface area (Å²) in [4.78, 5) is 14.4. The zero-order chi connectivity index (χ0) is 13.9. The number of hydrogen-bond donors (Lipinski definition) is 1. The molecule has 3 rings (SSSR count). The quantitative estimate of drug-likeness (QED) is 0.892. The van der Waals surface area contributed by atoms with E-state index in [9.17, 15) is 4.79 Å². The average Bonchev–Trinajstić information content (AvgIpc) is 2.54. The van der Waals surface area contributed by atoms with Crippen molar-refractivity contribution >= 4 is 17.7 Å². The molecule has 3 heteroatoms. The van der Waals surface area contributed by atoms with Crippen molar-refractivity contribution < 1.29 is 4.79 Å². The number of rotatable bonds is 2. The summed E-state index contributed by atoms with van der Waals surface area (Å²) in [6, 6.07) is 8.22. The van der Waals surface area contributed by atoms with E-state index in [0.717, 1.165) is 36.3 Å². The topological polar surface area (TPSA) is 32.3 Å². The molecule has 1 amide bonds. The fourth-order valence-electron chi connectivity index (χ4n) is 3.18. The van der Waals surface area contributed by atoms with Crippen LogP contribution in [0.5, 0.6) is 0 Å². The lowest BCUT2D eigenvalue weighted by atomic mass is 9.88. The number of amides is 1. The van der Waals surface area contributed by atoms with Crippen molar-refractivity contribution in [2.45, 2.75) is 32.1 Å². The Bertz CT molecular complexity index is 530. The molecule has 0 unspecified atom stereocenters. The van der Waals surface area contributed by atoms with Crippen LogP contribution >= 0.6 is 0 Å². The van der Waals surface area contributed by atoms with Gasteiger partial charge in [-0.05, 0) is 30.5 Å². The largest absolute Gasteiger partial charge is 0.379 e. The van der Waals surface area contributed by atoms with E-state index in [0.29, 0.717) is 0 Å². The normalized spacial score (nSPS) is 18.8. The molecule has 1 aromatic rings. The first-order valence-corrected chi connectivity index (χ1v) is 7.57. The van der Waals surface area contributed by atoms with Crippen LogP contribution in [-0.2, 0) is 4.79 Å². The van der Waals surface area contributed by atoms with E-state index in [-0.39, 0.29) is 11.8 Å². The second-order valence-corrected chi connectivity index (χ2v) is 5.81. The molecule has 0 aromatic heterocycles. The molecule has 0 saturated heterocycles. The van der Waals surface area contributed by atoms with Gasteiger partial charge in [0.2, 0.25) is 5.91 Å². The SMILES string of the molecule is CN(C(=O)C1CCCCC1)C1=Cc2ccccc2NC1. The molecule has 1 saturated carbocycles. The van der Waals surface area contributed by atoms with Crippen LogP contribution in [0.3, 0.4) is 0 Å². The molecule has 0 spiro atoms. The molecule has 0 bridgehead atoms. The zero-order valence-electron chi connectivity index (χ0n) is 12.1. The number of nitrogens with one attached hydrogen (secondary N) is 1. The van der Waals surface area contributed by atoms with Crippen molar-refractivity contribution in [3.8, 4) is 0 Å². The van der Waals surface area contributed by atoms with E-state index in [1.54, 1.807) is 0 Å². The number of para-hydroxylation sites is 1. The Morgan fingerprint density at radius 1 is 1.20 bits per heavy atom. The van der Waals surface area contributed by atoms with Crippen LogP contribution in [0.4, 0.5) is 5.69 Å². The van der Waals surface area contributed by atoms with Crippen molar-refractivity contribution in [2.75, 3.05) is 18.9 Å². The summed E-state index contributed by atoms with van der Waals surface area (Å²) in [7, 11) is 1.92. The second kappa shape index (κ2) is 5.70. The van der Waals surface area contributed by atoms with Gasteiger partial charge in [0.05, 0.1) is 6.54 Å². The molecule has 1 aliphatic heterocycles. The number of carbonyl (C=O) groups is 1. The fraction of sp³-hybridized carbons (Fsp3) is 0.471. The van der Waals surface area contributed by atoms with Crippen molar-refractivity contribution in [3.63, 3.8) is 0 Å². The van der Waals surface area contributed by atoms with Crippen LogP contribution < -0.4 is 5.32 Å². The molecule has 3 nitrogen and oxygen atoms in total. The Morgan fingerprint density at radius 2 is 1.95 bits per heavy atom. The zero-order valence-corrected chi connectivity index (χ0v) is 12.1. The summed E-state index contributed by atoms with van der Waals surface area (Å²) in [6.45, 7) is 0.728. The van der Waals surface area contributed by atoms with Gasteiger partial charge in [0, 0.05) is 24.4 Å². The number of likely N-dealkylation sites (N-methyl/N-ethyl adjacent to an activating group) is 1. The van der Waals surface area contributed by atoms with Gasteiger partial charge in [-0.3, -0.25) is 4.79 Å². The smallest absolute Gasteiger partial charge is 0.229 e. The maximum atomic E-state index is 12.6. The summed E-state index contributed by atoms with van der Waals surface area (Å²) >= 11 is 0. The molecule has 1 N–H and O–H groups in total. The Labute approximate surface area is 120 Å². The van der Waals surface area contributed by atoms with Gasteiger partial charge in [0.15, 0.2) is 0 Å². The van der Waals surface area contributed by atoms with Gasteiger partial charge < -0.3 is 10.2 Å². The Kier molecular flexibility index (Phi) is 3.77. The minimum Gasteiger partial charge on any atom is -0.379 e. The van der Waals surface area contributed by atoms with Gasteiger partial charge in [-0.25, -0.2) is 0 Å². The summed E-state index contributed by atoms with van der Waals surface area (Å²) in [6.07, 6.45) is 7.92. The van der Waals surface area contributed by atoms with Gasteiger partial charge in [-0.2, -0.15) is 0 Å². The molecule has 1 heterocycles. The first-order valence-electron chi connectivity index (χ1n) is 7.57. The highest BCUT2D eigenvalue weighted by atomic mass is 16.2. The summed E-state index contributed by atoms with van der Waals surface area (Å²) in [5.41, 5.74) is 3.38. The lowest BCUT2D eigenvalue weighted by Gasteiger charge is -2.30. The van der Waals surface area contributed by atoms with Crippen LogP contribution in [0.15, 0.2) is 30.0 Å². The maximum absolute atomic E-state index is 12.6. The first kappa shape index (κ1) is 13.2. The number of anilines is 1. The second-order valence-electron chi connectivity index (χ2n) is 5.81. The van der Waals surface area contributed by atoms with Crippen LogP contribution in [0.25, 0.3) is 6.08 Å². The third-order valence-corrected chi connectivity index (χ3v) is 4.46. The average molecular weight is 270 g/mol. The van der Waals surface area contributed by atoms with Crippen molar-refractivity contribution in [2.24, 2.45) is 5.92 Å². The molecule has 2 aliphatic rings. The summed E-state index contributed by atoms with van der Waals surface area (Å²) in [5.74, 6) is 0.518. The fourth-order valence-corrected chi connectivity index (χ4v) is 3.18. The third kappa shape index (κ3) is 2.58. The number of benzene rings is 1. The highest BCUT2D eigenvalue weighted by Gasteiger charge is 2.26. The van der Waals surface area contributed by atoms with Gasteiger partial charge in [-0.15, -0.1) is 0 Å². The minimum absolute atomic E-state index is 0.229. The number of carbonyl (C=O) groups excluding carboxylic acids is 1. The minimum atomic E-state index is 0.229. The summed E-state index contributed by atoms with van der Waals surface area (Å²) < 4.78 is 0. The number of hydrogen-bond acceptors (Lipinski definition) is 2. The Morgan fingerprint density at radius 3 is 2.75 bits per heavy atom. The van der Waals surface area contributed by atoms with Crippen LogP contribution in [0, 0.1) is 5.92 Å². The van der Waals surface area contributed by atoms with Crippen LogP contribution in [-0.4, -0.2) is 24.4 Å². The molecule has 20 heavy (non-hydrogen) atoms. The van der Waals surface area contributed by atoms with Gasteiger partial charge in [-0.1, -0.05) is 37.5 Å². The molecule has 1 aliphatic carbocycles. The predicted octanol–water partition coefficient (Wildman–Crippen LogP) is 3.49. The number of nitrogens with zero attached hydrogens (tertiary/aromatic N) is 1. The lowest BCUT2D eigenvalue weighted by molar-refractivity contribution is -0.133. The highest BCUT2D eigenvalue weighted by Crippen LogP contribution is 2.28. The van der Waals surface area contributed by atoms with Crippen molar-refractivity contribution in [1.82, 2.24) is 4.90 Å². The standard InChI is InChI=1S/C17H22N2O/c1-19(17(20)13-7-3-2-4-8-13)15-11-14-9-5-6-10-16(14)18-12-15/h5-6,9-11,13,18H,2-4,7-8,12H2,1H3. The Balaban J connectivity index is 1.76. The molecule has 0 atom stereocenters. The monoisotopic (exact) mass is 270 g/mol. The maximum Gasteiger partial charge on any atom is 0.229 e. The number of fused-ring (bicyclic) bond motifs is 1. The van der Waals surface area contributed by atoms with Crippen molar-refractivity contribution in [1.29, 1.82) is 0 Å². The van der Waals surface area contributed by atoms with E-state index in [2.05, 4.69) is 23.5 Å². The molecule has 0 radical (unpaired) electrons. The lowest BCUT2D eigenvalue weighted by Crippen LogP contribution is -2.36. The predicted molar refractivity (Wildman–Crippen MR) is 82.3 cm³/mol. The van der Waals surface area contributed by atoms with Gasteiger partial charge in [0.1, 0.15) is 0 Å². The molecular formula is C17H22N2O. The van der Waals surface area contributed by atoms with E-state index in [4.69, 9.17) is 0 Å². The molecule has 1 fully saturated rings. The summed E-state index contributed by atoms with van der Waals surface area (Å²) in [5, 5.41) is 3.39. The Hall–Kier alpha value is -1.77. The molecular weight excluding hydrogens is 248 g/mol. The first-order chi connectivity index (χ1) is 9.75. The van der Waals surface area contributed by atoms with E-state index in [1.165, 1.54) is 19.3 Å². The van der Waals surface area contributed by atoms with Gasteiger partial charge >= 0.3 is 0 Å². The van der Waals surface area contributed by atoms with Crippen LogP contribution in [0.2, 0.25) is 0 Å². The van der Waals surface area contributed by atoms with Crippen LogP contribution in [0.1, 0.15) is 37.7 Å². The van der Waals surface area contributed by atoms with Crippen molar-refractivity contribution in [3.05, 3.63) is 35.5 Å². The van der Waals surface area contributed by atoms with E-state index >= 15 is 0 Å². The molecule has 1 aromatic carbocycles. The van der Waals surface area contributed by atoms with E-state index < -0.39 is 0 Å². The van der Waals surface area contributed by atoms with E-state index in [1.807, 2.05) is 24.1 Å². The van der Waals surface area contributed by atoms with Gasteiger partial charge in [0.25, 0.3) is 0 Å².